The van der Waals surface area contributed by atoms with Crippen LogP contribution in [0.5, 0.6) is 11.5 Å². The summed E-state index contributed by atoms with van der Waals surface area (Å²) in [5, 5.41) is 7.98. The number of anilines is 1. The molecule has 39 heavy (non-hydrogen) atoms. The molecule has 0 bridgehead atoms. The molecule has 9 nitrogen and oxygen atoms in total. The minimum atomic E-state index is -3.74. The summed E-state index contributed by atoms with van der Waals surface area (Å²) in [6.07, 6.45) is -1.72. The first-order valence-electron chi connectivity index (χ1n) is 12.6. The van der Waals surface area contributed by atoms with Crippen LogP contribution in [0.3, 0.4) is 0 Å². The van der Waals surface area contributed by atoms with Crippen LogP contribution in [0.25, 0.3) is 16.8 Å². The first kappa shape index (κ1) is 24.9. The van der Waals surface area contributed by atoms with Gasteiger partial charge in [-0.3, -0.25) is 0 Å². The molecule has 4 heterocycles. The third kappa shape index (κ3) is 4.91. The van der Waals surface area contributed by atoms with Crippen LogP contribution in [0.2, 0.25) is 0 Å². The molecule has 4 aromatic rings. The van der Waals surface area contributed by atoms with Gasteiger partial charge >= 0.3 is 12.4 Å². The van der Waals surface area contributed by atoms with E-state index in [2.05, 4.69) is 15.2 Å². The Morgan fingerprint density at radius 1 is 1.08 bits per heavy atom. The Kier molecular flexibility index (Phi) is 5.81. The highest BCUT2D eigenvalue weighted by Crippen LogP contribution is 2.47. The van der Waals surface area contributed by atoms with Crippen LogP contribution >= 0.6 is 0 Å². The van der Waals surface area contributed by atoms with E-state index in [0.717, 1.165) is 11.1 Å². The first-order chi connectivity index (χ1) is 18.6. The Hall–Kier alpha value is -4.41. The molecule has 1 amide bonds. The minimum Gasteiger partial charge on any atom is -0.444 e. The fraction of sp³-hybridized carbons (Fsp3) is 0.321. The van der Waals surface area contributed by atoms with Gasteiger partial charge in [0.1, 0.15) is 5.60 Å². The molecule has 202 valence electrons. The average molecular weight is 536 g/mol. The topological polar surface area (TPSA) is 90.2 Å². The van der Waals surface area contributed by atoms with Gasteiger partial charge in [0.05, 0.1) is 6.04 Å². The maximum atomic E-state index is 13.8. The molecule has 2 aromatic carbocycles. The van der Waals surface area contributed by atoms with Crippen LogP contribution in [0.1, 0.15) is 37.9 Å². The number of nitrogens with one attached hydrogen (secondary N) is 1. The van der Waals surface area contributed by atoms with Gasteiger partial charge in [-0.2, -0.15) is 4.98 Å². The number of hydrogen-bond acceptors (Lipinski definition) is 7. The number of ether oxygens (including phenoxy) is 3. The van der Waals surface area contributed by atoms with Crippen molar-refractivity contribution in [3.8, 4) is 22.6 Å². The molecule has 0 saturated heterocycles. The summed E-state index contributed by atoms with van der Waals surface area (Å²) in [5.74, 6) is 0.219. The number of amides is 1. The smallest absolute Gasteiger partial charge is 0.444 e. The molecule has 2 aromatic heterocycles. The number of carbonyl (C=O) groups is 1. The second-order valence-electron chi connectivity index (χ2n) is 10.5. The maximum absolute atomic E-state index is 13.8. The predicted octanol–water partition coefficient (Wildman–Crippen LogP) is 5.66. The monoisotopic (exact) mass is 535 g/mol. The summed E-state index contributed by atoms with van der Waals surface area (Å²) >= 11 is 0. The number of aromatic nitrogens is 3. The number of halogens is 2. The summed E-state index contributed by atoms with van der Waals surface area (Å²) in [4.78, 5) is 19.4. The second-order valence-corrected chi connectivity index (χ2v) is 10.5. The van der Waals surface area contributed by atoms with Gasteiger partial charge < -0.3 is 24.4 Å². The Balaban J connectivity index is 1.34. The van der Waals surface area contributed by atoms with E-state index < -0.39 is 11.9 Å². The van der Waals surface area contributed by atoms with Crippen LogP contribution in [-0.2, 0) is 11.2 Å². The lowest BCUT2D eigenvalue weighted by Gasteiger charge is -2.28. The average Bonchev–Trinajstić information content (AvgIpc) is 3.36. The van der Waals surface area contributed by atoms with Crippen molar-refractivity contribution in [3.05, 3.63) is 71.9 Å². The Morgan fingerprint density at radius 3 is 2.69 bits per heavy atom. The molecule has 0 fully saturated rings. The van der Waals surface area contributed by atoms with Gasteiger partial charge in [0.25, 0.3) is 0 Å². The van der Waals surface area contributed by atoms with Crippen LogP contribution < -0.4 is 14.8 Å². The highest BCUT2D eigenvalue weighted by Gasteiger charge is 2.44. The molecule has 0 spiro atoms. The third-order valence-electron chi connectivity index (χ3n) is 6.52. The van der Waals surface area contributed by atoms with Crippen molar-refractivity contribution < 1.29 is 27.8 Å². The van der Waals surface area contributed by atoms with E-state index in [0.29, 0.717) is 42.2 Å². The van der Waals surface area contributed by atoms with Crippen molar-refractivity contribution >= 4 is 17.7 Å². The van der Waals surface area contributed by atoms with Crippen molar-refractivity contribution in [1.29, 1.82) is 0 Å². The number of pyridine rings is 1. The molecular formula is C28H27F2N5O4. The summed E-state index contributed by atoms with van der Waals surface area (Å²) in [6.45, 7) is 6.38. The molecule has 0 saturated carbocycles. The predicted molar refractivity (Wildman–Crippen MR) is 139 cm³/mol. The van der Waals surface area contributed by atoms with E-state index in [1.807, 2.05) is 45.0 Å². The lowest BCUT2D eigenvalue weighted by molar-refractivity contribution is -0.286. The lowest BCUT2D eigenvalue weighted by atomic mass is 10.00. The normalized spacial score (nSPS) is 18.0. The molecule has 1 N–H and O–H groups in total. The molecule has 2 aliphatic rings. The maximum Gasteiger partial charge on any atom is 0.586 e. The molecule has 2 aliphatic heterocycles. The molecule has 0 radical (unpaired) electrons. The molecule has 1 atom stereocenters. The van der Waals surface area contributed by atoms with E-state index in [4.69, 9.17) is 14.5 Å². The van der Waals surface area contributed by atoms with Gasteiger partial charge in [-0.15, -0.1) is 13.9 Å². The van der Waals surface area contributed by atoms with Crippen molar-refractivity contribution in [2.45, 2.75) is 45.1 Å². The minimum absolute atomic E-state index is 0.0466. The zero-order chi connectivity index (χ0) is 27.4. The van der Waals surface area contributed by atoms with Gasteiger partial charge in [0, 0.05) is 30.4 Å². The first-order valence-corrected chi connectivity index (χ1v) is 12.6. The number of para-hydroxylation sites is 1. The Bertz CT molecular complexity index is 1570. The van der Waals surface area contributed by atoms with E-state index >= 15 is 0 Å². The summed E-state index contributed by atoms with van der Waals surface area (Å²) < 4.78 is 44.3. The van der Waals surface area contributed by atoms with Gasteiger partial charge in [-0.05, 0) is 56.5 Å². The zero-order valence-corrected chi connectivity index (χ0v) is 21.6. The SMILES string of the molecule is CC(C)(C)OC(=O)N1CCc2ccccc2C(Nc2nc3c(-c4cccc5c4OC(F)(F)O5)cccn3n2)C1. The number of carbonyl (C=O) groups excluding carboxylic acids is 1. The van der Waals surface area contributed by atoms with E-state index in [1.54, 1.807) is 39.9 Å². The number of alkyl halides is 2. The number of nitrogens with zero attached hydrogens (tertiary/aromatic N) is 4. The van der Waals surface area contributed by atoms with Gasteiger partial charge in [-0.25, -0.2) is 9.31 Å². The summed E-state index contributed by atoms with van der Waals surface area (Å²) in [7, 11) is 0. The largest absolute Gasteiger partial charge is 0.586 e. The number of benzene rings is 2. The molecule has 0 aliphatic carbocycles. The van der Waals surface area contributed by atoms with Gasteiger partial charge in [-0.1, -0.05) is 36.4 Å². The van der Waals surface area contributed by atoms with Crippen molar-refractivity contribution in [3.63, 3.8) is 0 Å². The van der Waals surface area contributed by atoms with Crippen LogP contribution in [0.15, 0.2) is 60.8 Å². The second kappa shape index (κ2) is 9.11. The zero-order valence-electron chi connectivity index (χ0n) is 21.6. The quantitative estimate of drug-likeness (QED) is 0.362. The number of rotatable bonds is 3. The van der Waals surface area contributed by atoms with Crippen LogP contribution in [0.4, 0.5) is 19.5 Å². The Labute approximate surface area is 223 Å². The van der Waals surface area contributed by atoms with Gasteiger partial charge in [0.15, 0.2) is 17.1 Å². The van der Waals surface area contributed by atoms with Crippen LogP contribution in [-0.4, -0.2) is 50.6 Å². The number of hydrogen-bond donors (Lipinski definition) is 1. The third-order valence-corrected chi connectivity index (χ3v) is 6.52. The van der Waals surface area contributed by atoms with Crippen molar-refractivity contribution in [2.75, 3.05) is 18.4 Å². The van der Waals surface area contributed by atoms with Crippen molar-refractivity contribution in [1.82, 2.24) is 19.5 Å². The standard InChI is InChI=1S/C28H27F2N5O4/c1-27(2,3)39-26(36)34-15-13-17-8-4-5-9-18(17)21(16-34)31-25-32-24-20(11-7-14-35(24)33-25)19-10-6-12-22-23(19)38-28(29,30)37-22/h4-12,14,21H,13,15-16H2,1-3H3,(H,31,33). The van der Waals surface area contributed by atoms with Gasteiger partial charge in [0.2, 0.25) is 5.95 Å². The highest BCUT2D eigenvalue weighted by molar-refractivity contribution is 5.84. The molecular weight excluding hydrogens is 508 g/mol. The summed E-state index contributed by atoms with van der Waals surface area (Å²) in [6, 6.07) is 15.9. The molecule has 11 heteroatoms. The molecule has 6 rings (SSSR count). The fourth-order valence-electron chi connectivity index (χ4n) is 4.90. The molecule has 1 unspecified atom stereocenters. The lowest BCUT2D eigenvalue weighted by Crippen LogP contribution is -2.40. The van der Waals surface area contributed by atoms with E-state index in [1.165, 1.54) is 6.07 Å². The highest BCUT2D eigenvalue weighted by atomic mass is 19.3. The summed E-state index contributed by atoms with van der Waals surface area (Å²) in [5.41, 5.74) is 2.94. The van der Waals surface area contributed by atoms with Crippen molar-refractivity contribution in [2.24, 2.45) is 0 Å². The Morgan fingerprint density at radius 2 is 1.87 bits per heavy atom. The number of fused-ring (bicyclic) bond motifs is 3. The fourth-order valence-corrected chi connectivity index (χ4v) is 4.90. The van der Waals surface area contributed by atoms with Crippen LogP contribution in [0, 0.1) is 0 Å². The van der Waals surface area contributed by atoms with E-state index in [9.17, 15) is 13.6 Å². The van der Waals surface area contributed by atoms with E-state index in [-0.39, 0.29) is 23.6 Å².